The van der Waals surface area contributed by atoms with Crippen LogP contribution >= 0.6 is 0 Å². The van der Waals surface area contributed by atoms with Crippen molar-refractivity contribution in [1.29, 1.82) is 0 Å². The molecule has 4 N–H and O–H groups in total. The van der Waals surface area contributed by atoms with Crippen molar-refractivity contribution >= 4 is 18.5 Å². The molecule has 0 radical (unpaired) electrons. The number of aliphatic hydroxyl groups excluding tert-OH is 2. The average molecular weight is 227 g/mol. The van der Waals surface area contributed by atoms with Crippen LogP contribution in [0.2, 0.25) is 0 Å². The summed E-state index contributed by atoms with van der Waals surface area (Å²) in [6.45, 7) is -0.119. The van der Waals surface area contributed by atoms with E-state index in [-0.39, 0.29) is 59.9 Å². The normalized spacial score (nSPS) is 36.5. The fourth-order valence-electron chi connectivity index (χ4n) is 1.99. The molecule has 1 saturated carbocycles. The van der Waals surface area contributed by atoms with Gasteiger partial charge < -0.3 is 28.6 Å². The van der Waals surface area contributed by atoms with Crippen molar-refractivity contribution in [2.75, 3.05) is 13.2 Å². The average Bonchev–Trinajstić information content (AvgIpc) is 2.41. The van der Waals surface area contributed by atoms with Crippen LogP contribution in [0.15, 0.2) is 0 Å². The zero-order chi connectivity index (χ0) is 10.0. The Bertz CT molecular complexity index is 203. The van der Waals surface area contributed by atoms with E-state index in [1.807, 2.05) is 0 Å². The molecule has 0 spiro atoms. The Labute approximate surface area is 111 Å². The van der Waals surface area contributed by atoms with Crippen LogP contribution < -0.4 is 35.3 Å². The third kappa shape index (κ3) is 2.87. The van der Waals surface area contributed by atoms with Gasteiger partial charge in [0.1, 0.15) is 0 Å². The van der Waals surface area contributed by atoms with E-state index in [0.717, 1.165) is 0 Å². The Morgan fingerprint density at radius 1 is 1.36 bits per heavy atom. The van der Waals surface area contributed by atoms with E-state index in [9.17, 15) is 4.79 Å². The molecule has 6 heteroatoms. The molecule has 1 aliphatic rings. The molecule has 14 heavy (non-hydrogen) atoms. The molecule has 0 aliphatic heterocycles. The summed E-state index contributed by atoms with van der Waals surface area (Å²) in [6.07, 6.45) is 0.592. The first-order valence-electron chi connectivity index (χ1n) is 4.28. The van der Waals surface area contributed by atoms with Crippen LogP contribution in [0.5, 0.6) is 0 Å². The minimum Gasteiger partial charge on any atom is -0.788 e. The maximum absolute atomic E-state index is 11.0. The molecular formula is C8H14NNaO3S. The third-order valence-electron chi connectivity index (χ3n) is 2.73. The molecule has 1 rings (SSSR count). The van der Waals surface area contributed by atoms with Gasteiger partial charge in [0.2, 0.25) is 5.91 Å². The summed E-state index contributed by atoms with van der Waals surface area (Å²) in [4.78, 5) is 11.0. The molecular weight excluding hydrogens is 213 g/mol. The summed E-state index contributed by atoms with van der Waals surface area (Å²) in [6, 6.07) is 0. The molecule has 4 nitrogen and oxygen atoms in total. The summed E-state index contributed by atoms with van der Waals surface area (Å²) in [5, 5.41) is 17.6. The molecule has 0 heterocycles. The summed E-state index contributed by atoms with van der Waals surface area (Å²) in [5.74, 6) is -1.17. The number of nitrogens with two attached hydrogens (primary N) is 1. The monoisotopic (exact) mass is 227 g/mol. The van der Waals surface area contributed by atoms with Gasteiger partial charge in [-0.2, -0.15) is 0 Å². The first-order valence-corrected chi connectivity index (χ1v) is 4.75. The Kier molecular flexibility index (Phi) is 6.69. The van der Waals surface area contributed by atoms with E-state index in [1.165, 1.54) is 0 Å². The molecule has 0 bridgehead atoms. The van der Waals surface area contributed by atoms with E-state index < -0.39 is 11.8 Å². The van der Waals surface area contributed by atoms with Crippen molar-refractivity contribution in [1.82, 2.24) is 0 Å². The Hall–Kier alpha value is 0.740. The van der Waals surface area contributed by atoms with Crippen molar-refractivity contribution in [3.63, 3.8) is 0 Å². The van der Waals surface area contributed by atoms with Crippen molar-refractivity contribution in [2.45, 2.75) is 11.7 Å². The number of aliphatic hydroxyl groups is 2. The van der Waals surface area contributed by atoms with Crippen molar-refractivity contribution < 1.29 is 44.6 Å². The van der Waals surface area contributed by atoms with Crippen molar-refractivity contribution in [3.05, 3.63) is 0 Å². The Morgan fingerprint density at radius 2 is 1.86 bits per heavy atom. The van der Waals surface area contributed by atoms with Gasteiger partial charge in [-0.3, -0.25) is 4.79 Å². The molecule has 0 aromatic carbocycles. The van der Waals surface area contributed by atoms with Gasteiger partial charge in [-0.05, 0) is 18.3 Å². The predicted molar refractivity (Wildman–Crippen MR) is 49.6 cm³/mol. The van der Waals surface area contributed by atoms with Crippen LogP contribution in [-0.2, 0) is 17.4 Å². The van der Waals surface area contributed by atoms with Gasteiger partial charge in [-0.25, -0.2) is 0 Å². The zero-order valence-corrected chi connectivity index (χ0v) is 11.0. The van der Waals surface area contributed by atoms with E-state index in [2.05, 4.69) is 0 Å². The van der Waals surface area contributed by atoms with Crippen LogP contribution in [-0.4, -0.2) is 34.6 Å². The molecule has 1 aliphatic carbocycles. The fourth-order valence-corrected chi connectivity index (χ4v) is 2.55. The summed E-state index contributed by atoms with van der Waals surface area (Å²) in [7, 11) is 0. The van der Waals surface area contributed by atoms with Gasteiger partial charge in [-0.15, -0.1) is 5.25 Å². The van der Waals surface area contributed by atoms with Crippen molar-refractivity contribution in [3.8, 4) is 0 Å². The number of hydrogen-bond acceptors (Lipinski definition) is 4. The van der Waals surface area contributed by atoms with Crippen LogP contribution in [0, 0.1) is 17.8 Å². The number of hydrogen-bond donors (Lipinski definition) is 3. The predicted octanol–water partition coefficient (Wildman–Crippen LogP) is -4.37. The van der Waals surface area contributed by atoms with Gasteiger partial charge in [0.25, 0.3) is 0 Å². The summed E-state index contributed by atoms with van der Waals surface area (Å²) < 4.78 is 0. The second kappa shape index (κ2) is 6.35. The number of primary amides is 1. The van der Waals surface area contributed by atoms with Gasteiger partial charge in [0, 0.05) is 19.1 Å². The van der Waals surface area contributed by atoms with E-state index in [1.54, 1.807) is 0 Å². The number of carbonyl (C=O) groups excluding carboxylic acids is 1. The molecule has 1 fully saturated rings. The third-order valence-corrected chi connectivity index (χ3v) is 3.41. The van der Waals surface area contributed by atoms with Gasteiger partial charge in [0.15, 0.2) is 0 Å². The number of rotatable bonds is 3. The zero-order valence-electron chi connectivity index (χ0n) is 8.22. The Balaban J connectivity index is 0.00000169. The van der Waals surface area contributed by atoms with E-state index >= 15 is 0 Å². The Morgan fingerprint density at radius 3 is 2.14 bits per heavy atom. The first kappa shape index (κ1) is 14.7. The first-order chi connectivity index (χ1) is 6.11. The van der Waals surface area contributed by atoms with Crippen LogP contribution in [0.25, 0.3) is 0 Å². The van der Waals surface area contributed by atoms with Crippen molar-refractivity contribution in [2.24, 2.45) is 23.5 Å². The minimum absolute atomic E-state index is 0. The molecule has 76 valence electrons. The number of carbonyl (C=O) groups is 1. The smallest absolute Gasteiger partial charge is 0.788 e. The van der Waals surface area contributed by atoms with Crippen LogP contribution in [0.4, 0.5) is 0 Å². The summed E-state index contributed by atoms with van der Waals surface area (Å²) >= 11 is 5.09. The maximum atomic E-state index is 11.0. The SMILES string of the molecule is NC(=O)C1C([S-])[C@@H](CO)C[C@H]1CO.[Na+]. The van der Waals surface area contributed by atoms with E-state index in [0.29, 0.717) is 6.42 Å². The van der Waals surface area contributed by atoms with E-state index in [4.69, 9.17) is 28.6 Å². The fraction of sp³-hybridized carbons (Fsp3) is 0.875. The van der Waals surface area contributed by atoms with Gasteiger partial charge in [-0.1, -0.05) is 0 Å². The maximum Gasteiger partial charge on any atom is 1.00 e. The summed E-state index contributed by atoms with van der Waals surface area (Å²) in [5.41, 5.74) is 5.17. The molecule has 4 atom stereocenters. The second-order valence-electron chi connectivity index (χ2n) is 3.51. The second-order valence-corrected chi connectivity index (χ2v) is 4.06. The molecule has 2 unspecified atom stereocenters. The van der Waals surface area contributed by atoms with Gasteiger partial charge >= 0.3 is 29.6 Å². The molecule has 1 amide bonds. The van der Waals surface area contributed by atoms with Gasteiger partial charge in [0.05, 0.1) is 0 Å². The molecule has 0 saturated heterocycles. The largest absolute Gasteiger partial charge is 1.00 e. The number of amides is 1. The van der Waals surface area contributed by atoms with Crippen LogP contribution in [0.1, 0.15) is 6.42 Å². The topological polar surface area (TPSA) is 83.6 Å². The minimum atomic E-state index is -0.463. The standard InChI is InChI=1S/C8H15NO3S.Na/c9-8(12)6-4(2-10)1-5(3-11)7(6)13;/h4-7,10-11,13H,1-3H2,(H2,9,12);/q;+1/p-1/t4-,5+,6?,7?;/m0./s1. The molecule has 0 aromatic rings. The van der Waals surface area contributed by atoms with Crippen LogP contribution in [0.3, 0.4) is 0 Å². The molecule has 0 aromatic heterocycles. The quantitative estimate of drug-likeness (QED) is 0.336.